The summed E-state index contributed by atoms with van der Waals surface area (Å²) in [6, 6.07) is 0. The molecule has 0 aliphatic heterocycles. The maximum atomic E-state index is 13.2. The van der Waals surface area contributed by atoms with Gasteiger partial charge in [0.1, 0.15) is 5.92 Å². The van der Waals surface area contributed by atoms with E-state index >= 15 is 0 Å². The largest absolute Gasteiger partial charge is 0.395 e. The summed E-state index contributed by atoms with van der Waals surface area (Å²) >= 11 is 0. The van der Waals surface area contributed by atoms with Gasteiger partial charge in [0.2, 0.25) is 5.50 Å². The van der Waals surface area contributed by atoms with Crippen LogP contribution in [0, 0.1) is 5.92 Å². The van der Waals surface area contributed by atoms with Gasteiger partial charge in [-0.25, -0.2) is 12.8 Å². The Labute approximate surface area is 122 Å². The number of hydrogen-bond donors (Lipinski definition) is 0. The Hall–Kier alpha value is -0.250. The smallest absolute Gasteiger partial charge is 0.228 e. The molecule has 0 aliphatic rings. The number of rotatable bonds is 8. The van der Waals surface area contributed by atoms with Gasteiger partial charge in [0.25, 0.3) is 9.05 Å². The lowest BCUT2D eigenvalue weighted by atomic mass is 10.0. The lowest BCUT2D eigenvalue weighted by molar-refractivity contribution is -0.184. The molecular weight excluding hydrogens is 353 g/mol. The van der Waals surface area contributed by atoms with E-state index in [1.807, 2.05) is 0 Å². The monoisotopic (exact) mass is 366 g/mol. The van der Waals surface area contributed by atoms with Crippen molar-refractivity contribution in [3.63, 3.8) is 0 Å². The Morgan fingerprint density at radius 2 is 1.38 bits per heavy atom. The highest BCUT2D eigenvalue weighted by molar-refractivity contribution is 8.14. The van der Waals surface area contributed by atoms with Crippen LogP contribution in [0.3, 0.4) is 0 Å². The van der Waals surface area contributed by atoms with Gasteiger partial charge < -0.3 is 0 Å². The maximum absolute atomic E-state index is 13.2. The zero-order valence-corrected chi connectivity index (χ0v) is 12.2. The van der Waals surface area contributed by atoms with E-state index in [9.17, 15) is 39.2 Å². The first-order chi connectivity index (χ1) is 9.25. The summed E-state index contributed by atoms with van der Waals surface area (Å²) in [5, 5.41) is 0. The van der Waals surface area contributed by atoms with Crippen LogP contribution in [0.15, 0.2) is 0 Å². The normalized spacial score (nSPS) is 16.8. The second-order valence-corrected chi connectivity index (χ2v) is 7.23. The van der Waals surface area contributed by atoms with Crippen molar-refractivity contribution in [1.82, 2.24) is 0 Å². The molecule has 0 amide bonds. The van der Waals surface area contributed by atoms with Crippen molar-refractivity contribution in [3.05, 3.63) is 0 Å². The predicted octanol–water partition coefficient (Wildman–Crippen LogP) is 4.93. The fourth-order valence-electron chi connectivity index (χ4n) is 1.68. The quantitative estimate of drug-likeness (QED) is 0.347. The van der Waals surface area contributed by atoms with Crippen LogP contribution in [0.4, 0.5) is 30.7 Å². The van der Waals surface area contributed by atoms with Gasteiger partial charge in [-0.1, -0.05) is 19.3 Å². The molecule has 0 N–H and O–H groups in total. The van der Waals surface area contributed by atoms with Gasteiger partial charge in [0.15, 0.2) is 0 Å². The van der Waals surface area contributed by atoms with Crippen LogP contribution in [0.1, 0.15) is 38.5 Å². The molecule has 128 valence electrons. The molecule has 0 spiro atoms. The van der Waals surface area contributed by atoms with Crippen molar-refractivity contribution < 1.29 is 39.2 Å². The van der Waals surface area contributed by atoms with Gasteiger partial charge >= 0.3 is 12.4 Å². The molecular formula is C10H14ClF7O2S. The fourth-order valence-corrected chi connectivity index (χ4v) is 2.74. The molecule has 11 heteroatoms. The van der Waals surface area contributed by atoms with E-state index in [-0.39, 0.29) is 25.7 Å². The molecule has 0 saturated heterocycles. The predicted molar refractivity (Wildman–Crippen MR) is 63.0 cm³/mol. The number of alkyl halides is 7. The molecule has 2 atom stereocenters. The molecule has 0 heterocycles. The van der Waals surface area contributed by atoms with E-state index in [0.29, 0.717) is 0 Å². The van der Waals surface area contributed by atoms with Crippen LogP contribution in [0.5, 0.6) is 0 Å². The third kappa shape index (κ3) is 9.38. The first-order valence-corrected chi connectivity index (χ1v) is 8.33. The van der Waals surface area contributed by atoms with Crippen LogP contribution >= 0.6 is 10.7 Å². The third-order valence-electron chi connectivity index (χ3n) is 2.73. The molecule has 0 fully saturated rings. The first-order valence-electron chi connectivity index (χ1n) is 5.96. The van der Waals surface area contributed by atoms with Crippen LogP contribution < -0.4 is 0 Å². The Kier molecular flexibility index (Phi) is 7.75. The Morgan fingerprint density at radius 3 is 1.76 bits per heavy atom. The second kappa shape index (κ2) is 7.85. The van der Waals surface area contributed by atoms with E-state index in [2.05, 4.69) is 10.7 Å². The Bertz CT molecular complexity index is 405. The van der Waals surface area contributed by atoms with Crippen LogP contribution in [0.2, 0.25) is 0 Å². The van der Waals surface area contributed by atoms with Crippen molar-refractivity contribution in [2.75, 3.05) is 0 Å². The minimum atomic E-state index is -5.09. The molecule has 0 bridgehead atoms. The molecule has 21 heavy (non-hydrogen) atoms. The first kappa shape index (κ1) is 20.8. The van der Waals surface area contributed by atoms with Gasteiger partial charge in [0.05, 0.1) is 0 Å². The van der Waals surface area contributed by atoms with Crippen molar-refractivity contribution in [1.29, 1.82) is 0 Å². The molecule has 2 unspecified atom stereocenters. The number of unbranched alkanes of at least 4 members (excludes halogenated alkanes) is 3. The van der Waals surface area contributed by atoms with Gasteiger partial charge in [-0.15, -0.1) is 0 Å². The van der Waals surface area contributed by atoms with Crippen molar-refractivity contribution in [3.8, 4) is 0 Å². The number of halogens is 8. The summed E-state index contributed by atoms with van der Waals surface area (Å²) in [6.45, 7) is 0. The van der Waals surface area contributed by atoms with Crippen LogP contribution in [-0.4, -0.2) is 26.3 Å². The summed E-state index contributed by atoms with van der Waals surface area (Å²) in [5.74, 6) is -2.78. The number of hydrogen-bond acceptors (Lipinski definition) is 2. The van der Waals surface area contributed by atoms with Gasteiger partial charge in [-0.3, -0.25) is 0 Å². The molecule has 2 nitrogen and oxygen atoms in total. The molecule has 0 aromatic heterocycles. The van der Waals surface area contributed by atoms with Gasteiger partial charge in [-0.2, -0.15) is 26.3 Å². The standard InChI is InChI=1S/C10H14ClF7O2S/c11-21(19,20)8(12)7(10(16,17)18)5-3-1-2-4-6-9(13,14)15/h7-8H,1-6H2. The molecule has 0 radical (unpaired) electrons. The fraction of sp³-hybridized carbons (Fsp3) is 1.00. The van der Waals surface area contributed by atoms with Crippen LogP contribution in [0.25, 0.3) is 0 Å². The Balaban J connectivity index is 4.29. The zero-order chi connectivity index (χ0) is 16.9. The Morgan fingerprint density at radius 1 is 0.905 bits per heavy atom. The van der Waals surface area contributed by atoms with E-state index < -0.39 is 45.7 Å². The van der Waals surface area contributed by atoms with E-state index in [4.69, 9.17) is 0 Å². The SMILES string of the molecule is O=S(=O)(Cl)C(F)C(CCCCCCC(F)(F)F)C(F)(F)F. The van der Waals surface area contributed by atoms with E-state index in [1.165, 1.54) is 0 Å². The van der Waals surface area contributed by atoms with Crippen molar-refractivity contribution in [2.24, 2.45) is 5.92 Å². The lowest BCUT2D eigenvalue weighted by Crippen LogP contribution is -2.34. The highest BCUT2D eigenvalue weighted by atomic mass is 35.7. The summed E-state index contributed by atoms with van der Waals surface area (Å²) in [7, 11) is -0.446. The molecule has 0 aromatic carbocycles. The topological polar surface area (TPSA) is 34.1 Å². The molecule has 0 aromatic rings. The maximum Gasteiger partial charge on any atom is 0.395 e. The van der Waals surface area contributed by atoms with Gasteiger partial charge in [-0.05, 0) is 12.8 Å². The molecule has 0 aliphatic carbocycles. The van der Waals surface area contributed by atoms with E-state index in [0.717, 1.165) is 0 Å². The average molecular weight is 367 g/mol. The summed E-state index contributed by atoms with van der Waals surface area (Å²) in [6.07, 6.45) is -11.8. The summed E-state index contributed by atoms with van der Waals surface area (Å²) in [4.78, 5) is 0. The molecule has 0 saturated carbocycles. The van der Waals surface area contributed by atoms with Crippen molar-refractivity contribution in [2.45, 2.75) is 56.4 Å². The van der Waals surface area contributed by atoms with Crippen LogP contribution in [-0.2, 0) is 9.05 Å². The highest BCUT2D eigenvalue weighted by Crippen LogP contribution is 2.37. The summed E-state index contributed by atoms with van der Waals surface area (Å²) in [5.41, 5.74) is -3.28. The third-order valence-corrected chi connectivity index (χ3v) is 4.11. The van der Waals surface area contributed by atoms with Gasteiger partial charge in [0, 0.05) is 17.1 Å². The zero-order valence-electron chi connectivity index (χ0n) is 10.6. The molecule has 0 rings (SSSR count). The lowest BCUT2D eigenvalue weighted by Gasteiger charge is -2.21. The minimum Gasteiger partial charge on any atom is -0.228 e. The highest BCUT2D eigenvalue weighted by Gasteiger charge is 2.49. The summed E-state index contributed by atoms with van der Waals surface area (Å²) < 4.78 is 107. The second-order valence-electron chi connectivity index (χ2n) is 4.54. The minimum absolute atomic E-state index is 0.0116. The van der Waals surface area contributed by atoms with Crippen molar-refractivity contribution >= 4 is 19.7 Å². The average Bonchev–Trinajstić information content (AvgIpc) is 2.22. The van der Waals surface area contributed by atoms with E-state index in [1.54, 1.807) is 0 Å².